The van der Waals surface area contributed by atoms with Gasteiger partial charge in [-0.05, 0) is 19.3 Å². The van der Waals surface area contributed by atoms with Crippen molar-refractivity contribution in [3.63, 3.8) is 0 Å². The first-order valence-corrected chi connectivity index (χ1v) is 6.17. The highest BCUT2D eigenvalue weighted by molar-refractivity contribution is 5.88. The first-order chi connectivity index (χ1) is 9.47. The molecule has 0 aromatic carbocycles. The lowest BCUT2D eigenvalue weighted by molar-refractivity contribution is -0.384. The molecule has 110 valence electrons. The Labute approximate surface area is 115 Å². The molecule has 0 bridgehead atoms. The Kier molecular flexibility index (Phi) is 5.85. The summed E-state index contributed by atoms with van der Waals surface area (Å²) in [7, 11) is 1.66. The zero-order valence-electron chi connectivity index (χ0n) is 11.2. The highest BCUT2D eigenvalue weighted by Gasteiger charge is 2.21. The van der Waals surface area contributed by atoms with E-state index in [1.807, 2.05) is 0 Å². The van der Waals surface area contributed by atoms with Crippen molar-refractivity contribution in [3.05, 3.63) is 27.9 Å². The van der Waals surface area contributed by atoms with Crippen LogP contribution in [0.2, 0.25) is 0 Å². The van der Waals surface area contributed by atoms with Crippen molar-refractivity contribution in [2.45, 2.75) is 19.3 Å². The first-order valence-electron chi connectivity index (χ1n) is 6.17. The Morgan fingerprint density at radius 2 is 2.15 bits per heavy atom. The Morgan fingerprint density at radius 1 is 1.45 bits per heavy atom. The molecule has 0 unspecified atom stereocenters. The van der Waals surface area contributed by atoms with E-state index in [4.69, 9.17) is 10.2 Å². The maximum Gasteiger partial charge on any atom is 0.337 e. The fourth-order valence-electron chi connectivity index (χ4n) is 1.73. The van der Waals surface area contributed by atoms with Crippen LogP contribution in [0.5, 0.6) is 0 Å². The van der Waals surface area contributed by atoms with Crippen molar-refractivity contribution in [2.75, 3.05) is 25.1 Å². The van der Waals surface area contributed by atoms with Gasteiger partial charge in [0.05, 0.1) is 10.5 Å². The largest absolute Gasteiger partial charge is 0.478 e. The molecule has 20 heavy (non-hydrogen) atoms. The van der Waals surface area contributed by atoms with Crippen LogP contribution in [0.3, 0.4) is 0 Å². The van der Waals surface area contributed by atoms with E-state index in [0.717, 1.165) is 25.1 Å². The monoisotopic (exact) mass is 283 g/mol. The zero-order valence-corrected chi connectivity index (χ0v) is 11.2. The van der Waals surface area contributed by atoms with Gasteiger partial charge in [0, 0.05) is 32.5 Å². The van der Waals surface area contributed by atoms with E-state index >= 15 is 0 Å². The summed E-state index contributed by atoms with van der Waals surface area (Å²) in [6, 6.07) is 1.01. The molecule has 0 fully saturated rings. The van der Waals surface area contributed by atoms with Gasteiger partial charge in [-0.2, -0.15) is 0 Å². The van der Waals surface area contributed by atoms with Gasteiger partial charge in [0.2, 0.25) is 5.82 Å². The van der Waals surface area contributed by atoms with Crippen molar-refractivity contribution in [3.8, 4) is 0 Å². The van der Waals surface area contributed by atoms with E-state index in [1.54, 1.807) is 11.9 Å². The number of nitrogens with zero attached hydrogens (tertiary/aromatic N) is 3. The van der Waals surface area contributed by atoms with Gasteiger partial charge >= 0.3 is 11.7 Å². The number of aromatic nitrogens is 1. The SMILES string of the molecule is CN(CCCCCO)c1ncc(C(=O)O)cc1[N+](=O)[O-]. The number of pyridine rings is 1. The molecule has 8 heteroatoms. The predicted molar refractivity (Wildman–Crippen MR) is 72.1 cm³/mol. The quantitative estimate of drug-likeness (QED) is 0.419. The van der Waals surface area contributed by atoms with E-state index in [1.165, 1.54) is 0 Å². The fourth-order valence-corrected chi connectivity index (χ4v) is 1.73. The number of rotatable bonds is 8. The standard InChI is InChI=1S/C12H17N3O5/c1-14(5-3-2-4-6-16)11-10(15(19)20)7-9(8-13-11)12(17)18/h7-8,16H,2-6H2,1H3,(H,17,18). The molecule has 0 amide bonds. The molecule has 0 saturated heterocycles. The van der Waals surface area contributed by atoms with Crippen LogP contribution in [0.4, 0.5) is 11.5 Å². The number of carboxylic acids is 1. The number of carboxylic acid groups (broad SMARTS) is 1. The lowest BCUT2D eigenvalue weighted by Crippen LogP contribution is -2.21. The number of carbonyl (C=O) groups is 1. The third-order valence-corrected chi connectivity index (χ3v) is 2.80. The molecular formula is C12H17N3O5. The minimum Gasteiger partial charge on any atom is -0.478 e. The number of aliphatic hydroxyl groups is 1. The van der Waals surface area contributed by atoms with E-state index in [9.17, 15) is 14.9 Å². The van der Waals surface area contributed by atoms with Gasteiger partial charge in [0.1, 0.15) is 0 Å². The van der Waals surface area contributed by atoms with Crippen LogP contribution >= 0.6 is 0 Å². The fraction of sp³-hybridized carbons (Fsp3) is 0.500. The third kappa shape index (κ3) is 4.16. The van der Waals surface area contributed by atoms with Crippen molar-refractivity contribution in [1.29, 1.82) is 0 Å². The molecule has 0 saturated carbocycles. The van der Waals surface area contributed by atoms with Gasteiger partial charge in [-0.1, -0.05) is 0 Å². The molecule has 1 heterocycles. The number of aliphatic hydroxyl groups excluding tert-OH is 1. The van der Waals surface area contributed by atoms with Crippen molar-refractivity contribution < 1.29 is 19.9 Å². The molecule has 2 N–H and O–H groups in total. The molecule has 1 rings (SSSR count). The topological polar surface area (TPSA) is 117 Å². The van der Waals surface area contributed by atoms with Crippen molar-refractivity contribution >= 4 is 17.5 Å². The molecular weight excluding hydrogens is 266 g/mol. The summed E-state index contributed by atoms with van der Waals surface area (Å²) in [4.78, 5) is 26.6. The van der Waals surface area contributed by atoms with Crippen LogP contribution in [0.25, 0.3) is 0 Å². The van der Waals surface area contributed by atoms with E-state index in [-0.39, 0.29) is 23.7 Å². The number of hydrogen-bond donors (Lipinski definition) is 2. The first kappa shape index (κ1) is 15.8. The van der Waals surface area contributed by atoms with Crippen molar-refractivity contribution in [2.24, 2.45) is 0 Å². The lowest BCUT2D eigenvalue weighted by atomic mass is 10.2. The number of aromatic carboxylic acids is 1. The average Bonchev–Trinajstić information content (AvgIpc) is 2.42. The average molecular weight is 283 g/mol. The van der Waals surface area contributed by atoms with Gasteiger partial charge in [0.25, 0.3) is 0 Å². The van der Waals surface area contributed by atoms with Crippen LogP contribution in [0.15, 0.2) is 12.3 Å². The molecule has 0 radical (unpaired) electrons. The minimum atomic E-state index is -1.25. The van der Waals surface area contributed by atoms with E-state index in [2.05, 4.69) is 4.98 Å². The predicted octanol–water partition coefficient (Wildman–Crippen LogP) is 1.29. The van der Waals surface area contributed by atoms with Crippen LogP contribution < -0.4 is 4.90 Å². The smallest absolute Gasteiger partial charge is 0.337 e. The van der Waals surface area contributed by atoms with Crippen LogP contribution in [0, 0.1) is 10.1 Å². The Balaban J connectivity index is 2.87. The highest BCUT2D eigenvalue weighted by Crippen LogP contribution is 2.26. The van der Waals surface area contributed by atoms with E-state index < -0.39 is 10.9 Å². The molecule has 1 aromatic heterocycles. The minimum absolute atomic E-state index is 0.120. The second kappa shape index (κ2) is 7.39. The van der Waals surface area contributed by atoms with E-state index in [0.29, 0.717) is 13.0 Å². The molecule has 0 aliphatic carbocycles. The molecule has 0 spiro atoms. The number of anilines is 1. The number of hydrogen-bond acceptors (Lipinski definition) is 6. The Morgan fingerprint density at radius 3 is 2.70 bits per heavy atom. The van der Waals surface area contributed by atoms with Gasteiger partial charge in [0.15, 0.2) is 0 Å². The second-order valence-corrected chi connectivity index (χ2v) is 4.33. The molecule has 8 nitrogen and oxygen atoms in total. The Hall–Kier alpha value is -2.22. The normalized spacial score (nSPS) is 10.3. The number of unbranched alkanes of at least 4 members (excludes halogenated alkanes) is 2. The maximum atomic E-state index is 11.0. The molecule has 1 aromatic rings. The summed E-state index contributed by atoms with van der Waals surface area (Å²) in [6.07, 6.45) is 3.36. The highest BCUT2D eigenvalue weighted by atomic mass is 16.6. The Bertz CT molecular complexity index is 492. The zero-order chi connectivity index (χ0) is 15.1. The van der Waals surface area contributed by atoms with Crippen LogP contribution in [-0.4, -0.2) is 46.3 Å². The molecule has 0 atom stereocenters. The summed E-state index contributed by atoms with van der Waals surface area (Å²) < 4.78 is 0. The summed E-state index contributed by atoms with van der Waals surface area (Å²) in [5.74, 6) is -1.11. The summed E-state index contributed by atoms with van der Waals surface area (Å²) in [5.41, 5.74) is -0.538. The molecule has 0 aliphatic rings. The number of nitro groups is 1. The summed E-state index contributed by atoms with van der Waals surface area (Å²) >= 11 is 0. The van der Waals surface area contributed by atoms with Crippen molar-refractivity contribution in [1.82, 2.24) is 4.98 Å². The van der Waals surface area contributed by atoms with Gasteiger partial charge in [-0.25, -0.2) is 9.78 Å². The summed E-state index contributed by atoms with van der Waals surface area (Å²) in [6.45, 7) is 0.662. The second-order valence-electron chi connectivity index (χ2n) is 4.33. The van der Waals surface area contributed by atoms with Gasteiger partial charge in [-0.3, -0.25) is 10.1 Å². The van der Waals surface area contributed by atoms with Crippen LogP contribution in [-0.2, 0) is 0 Å². The molecule has 0 aliphatic heterocycles. The third-order valence-electron chi connectivity index (χ3n) is 2.80. The maximum absolute atomic E-state index is 11.0. The van der Waals surface area contributed by atoms with Crippen LogP contribution in [0.1, 0.15) is 29.6 Å². The van der Waals surface area contributed by atoms with Gasteiger partial charge < -0.3 is 15.1 Å². The summed E-state index contributed by atoms with van der Waals surface area (Å²) in [5, 5.41) is 28.5. The lowest BCUT2D eigenvalue weighted by Gasteiger charge is -2.17. The van der Waals surface area contributed by atoms with Gasteiger partial charge in [-0.15, -0.1) is 0 Å².